The molecule has 62 valence electrons. The molecule has 0 aromatic heterocycles. The van der Waals surface area contributed by atoms with Gasteiger partial charge in [-0.3, -0.25) is 0 Å². The Hall–Kier alpha value is 0.640. The Bertz CT molecular complexity index is 199. The minimum absolute atomic E-state index is 0.525. The zero-order valence-corrected chi connectivity index (χ0v) is 8.55. The van der Waals surface area contributed by atoms with E-state index >= 15 is 0 Å². The summed E-state index contributed by atoms with van der Waals surface area (Å²) < 4.78 is -1.40. The number of hydrogen-bond acceptors (Lipinski definition) is 0. The Balaban J connectivity index is 2.62. The molecule has 0 amide bonds. The molecule has 0 N–H and O–H groups in total. The quantitative estimate of drug-likeness (QED) is 0.602. The molecule has 1 rings (SSSR count). The third kappa shape index (κ3) is 2.55. The second kappa shape index (κ2) is 3.57. The molecule has 0 nitrogen and oxygen atoms in total. The normalized spacial score (nSPS) is 20.2. The number of allylic oxidation sites excluding steroid dienone is 4. The molecule has 1 unspecified atom stereocenters. The summed E-state index contributed by atoms with van der Waals surface area (Å²) in [5.74, 6) is 0. The summed E-state index contributed by atoms with van der Waals surface area (Å²) in [5.41, 5.74) is 0.951. The second-order valence-corrected chi connectivity index (χ2v) is 5.08. The predicted molar refractivity (Wildman–Crippen MR) is 51.8 cm³/mol. The zero-order valence-electron chi connectivity index (χ0n) is 5.53. The van der Waals surface area contributed by atoms with Crippen LogP contribution in [0.3, 0.4) is 0 Å². The van der Waals surface area contributed by atoms with Crippen molar-refractivity contribution in [2.75, 3.05) is 0 Å². The molecule has 0 heterocycles. The second-order valence-electron chi connectivity index (χ2n) is 2.28. The lowest BCUT2D eigenvalue weighted by atomic mass is 10.2. The van der Waals surface area contributed by atoms with Crippen LogP contribution in [0.5, 0.6) is 0 Å². The summed E-state index contributed by atoms with van der Waals surface area (Å²) in [6.45, 7) is 0. The van der Waals surface area contributed by atoms with Crippen molar-refractivity contribution in [1.29, 1.82) is 0 Å². The van der Waals surface area contributed by atoms with E-state index in [1.54, 1.807) is 0 Å². The maximum absolute atomic E-state index is 5.86. The van der Waals surface area contributed by atoms with Crippen molar-refractivity contribution in [3.8, 4) is 0 Å². The molecule has 0 fully saturated rings. The molecule has 11 heavy (non-hydrogen) atoms. The van der Waals surface area contributed by atoms with Crippen LogP contribution < -0.4 is 0 Å². The fourth-order valence-corrected chi connectivity index (χ4v) is 1.44. The fourth-order valence-electron chi connectivity index (χ4n) is 0.862. The van der Waals surface area contributed by atoms with E-state index in [-0.39, 0.29) is 0 Å². The Morgan fingerprint density at radius 3 is 2.36 bits per heavy atom. The van der Waals surface area contributed by atoms with Gasteiger partial charge in [0.05, 0.1) is 0 Å². The van der Waals surface area contributed by atoms with E-state index in [1.165, 1.54) is 0 Å². The molecular weight excluding hydrogens is 226 g/mol. The van der Waals surface area contributed by atoms with E-state index in [4.69, 9.17) is 46.4 Å². The van der Waals surface area contributed by atoms with Crippen LogP contribution in [0.25, 0.3) is 0 Å². The van der Waals surface area contributed by atoms with Gasteiger partial charge in [0.1, 0.15) is 5.38 Å². The van der Waals surface area contributed by atoms with Crippen LogP contribution in [-0.2, 0) is 0 Å². The minimum atomic E-state index is -1.40. The van der Waals surface area contributed by atoms with Gasteiger partial charge in [-0.1, -0.05) is 53.0 Å². The van der Waals surface area contributed by atoms with Crippen LogP contribution in [0.15, 0.2) is 23.8 Å². The highest BCUT2D eigenvalue weighted by Gasteiger charge is 2.33. The van der Waals surface area contributed by atoms with Crippen molar-refractivity contribution >= 4 is 46.4 Å². The van der Waals surface area contributed by atoms with Crippen LogP contribution in [0.2, 0.25) is 0 Å². The highest BCUT2D eigenvalue weighted by molar-refractivity contribution is 6.70. The van der Waals surface area contributed by atoms with Gasteiger partial charge in [-0.2, -0.15) is 0 Å². The maximum atomic E-state index is 5.86. The smallest absolute Gasteiger partial charge is 0.113 e. The number of halogens is 4. The van der Waals surface area contributed by atoms with Gasteiger partial charge < -0.3 is 0 Å². The van der Waals surface area contributed by atoms with E-state index < -0.39 is 9.17 Å². The molecule has 0 radical (unpaired) electrons. The van der Waals surface area contributed by atoms with Gasteiger partial charge in [0.2, 0.25) is 3.79 Å². The van der Waals surface area contributed by atoms with Gasteiger partial charge in [-0.15, -0.1) is 11.6 Å². The van der Waals surface area contributed by atoms with Crippen LogP contribution in [-0.4, -0.2) is 9.17 Å². The van der Waals surface area contributed by atoms with E-state index in [2.05, 4.69) is 0 Å². The molecule has 1 atom stereocenters. The number of hydrogen-bond donors (Lipinski definition) is 0. The minimum Gasteiger partial charge on any atom is -0.113 e. The summed E-state index contributed by atoms with van der Waals surface area (Å²) in [4.78, 5) is 0. The average molecular weight is 232 g/mol. The lowest BCUT2D eigenvalue weighted by Gasteiger charge is -2.18. The molecule has 0 aromatic rings. The Kier molecular flexibility index (Phi) is 3.16. The fraction of sp³-hybridized carbons (Fsp3) is 0.429. The van der Waals surface area contributed by atoms with Gasteiger partial charge in [0.15, 0.2) is 0 Å². The van der Waals surface area contributed by atoms with E-state index in [9.17, 15) is 0 Å². The topological polar surface area (TPSA) is 0 Å². The third-order valence-corrected chi connectivity index (χ3v) is 3.01. The van der Waals surface area contributed by atoms with Crippen molar-refractivity contribution < 1.29 is 0 Å². The van der Waals surface area contributed by atoms with Crippen LogP contribution in [0, 0.1) is 0 Å². The third-order valence-electron chi connectivity index (χ3n) is 1.41. The molecule has 0 bridgehead atoms. The predicted octanol–water partition coefficient (Wildman–Crippen LogP) is 3.85. The van der Waals surface area contributed by atoms with E-state index in [0.717, 1.165) is 12.0 Å². The van der Waals surface area contributed by atoms with Gasteiger partial charge in [-0.05, 0) is 12.0 Å². The van der Waals surface area contributed by atoms with Gasteiger partial charge in [0.25, 0.3) is 0 Å². The first-order chi connectivity index (χ1) is 5.02. The average Bonchev–Trinajstić information content (AvgIpc) is 2.34. The maximum Gasteiger partial charge on any atom is 0.210 e. The number of rotatable bonds is 1. The van der Waals surface area contributed by atoms with E-state index in [0.29, 0.717) is 0 Å². The van der Waals surface area contributed by atoms with Gasteiger partial charge in [0, 0.05) is 0 Å². The molecule has 0 saturated heterocycles. The van der Waals surface area contributed by atoms with Crippen LogP contribution in [0.1, 0.15) is 6.42 Å². The molecule has 4 heteroatoms. The molecule has 0 aliphatic heterocycles. The largest absolute Gasteiger partial charge is 0.210 e. The van der Waals surface area contributed by atoms with E-state index in [1.807, 2.05) is 18.2 Å². The van der Waals surface area contributed by atoms with Crippen molar-refractivity contribution in [3.05, 3.63) is 23.8 Å². The van der Waals surface area contributed by atoms with Gasteiger partial charge in [-0.25, -0.2) is 0 Å². The lowest BCUT2D eigenvalue weighted by Crippen LogP contribution is -2.20. The highest BCUT2D eigenvalue weighted by atomic mass is 35.6. The first-order valence-corrected chi connectivity index (χ1v) is 4.65. The first kappa shape index (κ1) is 9.73. The van der Waals surface area contributed by atoms with Crippen LogP contribution in [0.4, 0.5) is 0 Å². The molecule has 0 saturated carbocycles. The summed E-state index contributed by atoms with van der Waals surface area (Å²) in [6.07, 6.45) is 6.53. The van der Waals surface area contributed by atoms with Crippen molar-refractivity contribution in [2.45, 2.75) is 15.6 Å². The Morgan fingerprint density at radius 2 is 2.00 bits per heavy atom. The summed E-state index contributed by atoms with van der Waals surface area (Å²) >= 11 is 22.6. The molecule has 1 aliphatic carbocycles. The Labute approximate surface area is 85.8 Å². The zero-order chi connectivity index (χ0) is 8.48. The SMILES string of the molecule is ClC(C1=CC=CC1)C(Cl)(Cl)Cl. The monoisotopic (exact) mass is 230 g/mol. The highest BCUT2D eigenvalue weighted by Crippen LogP contribution is 2.39. The molecule has 1 aliphatic rings. The van der Waals surface area contributed by atoms with Crippen LogP contribution >= 0.6 is 46.4 Å². The summed E-state index contributed by atoms with van der Waals surface area (Å²) in [6, 6.07) is 0. The first-order valence-electron chi connectivity index (χ1n) is 3.08. The summed E-state index contributed by atoms with van der Waals surface area (Å²) in [7, 11) is 0. The van der Waals surface area contributed by atoms with Crippen molar-refractivity contribution in [3.63, 3.8) is 0 Å². The lowest BCUT2D eigenvalue weighted by molar-refractivity contribution is 0.972. The number of alkyl halides is 4. The molecule has 0 spiro atoms. The van der Waals surface area contributed by atoms with Crippen molar-refractivity contribution in [1.82, 2.24) is 0 Å². The van der Waals surface area contributed by atoms with Gasteiger partial charge >= 0.3 is 0 Å². The molecular formula is C7H6Cl4. The Morgan fingerprint density at radius 1 is 1.36 bits per heavy atom. The molecule has 0 aromatic carbocycles. The standard InChI is InChI=1S/C7H6Cl4/c8-6(7(9,10)11)5-3-1-2-4-5/h1-3,6H,4H2. The van der Waals surface area contributed by atoms with Crippen molar-refractivity contribution in [2.24, 2.45) is 0 Å². The summed E-state index contributed by atoms with van der Waals surface area (Å²) in [5, 5.41) is -0.525.